The molecule has 112 valence electrons. The number of carboxylic acid groups (broad SMARTS) is 1. The summed E-state index contributed by atoms with van der Waals surface area (Å²) in [5.41, 5.74) is -1.01. The molecule has 21 heavy (non-hydrogen) atoms. The molecular formula is C13H13ClN2O5. The smallest absolute Gasteiger partial charge is 0.307 e. The van der Waals surface area contributed by atoms with Crippen LogP contribution in [0.3, 0.4) is 0 Å². The van der Waals surface area contributed by atoms with Crippen molar-refractivity contribution in [3.8, 4) is 0 Å². The number of benzene rings is 1. The molecule has 7 nitrogen and oxygen atoms in total. The summed E-state index contributed by atoms with van der Waals surface area (Å²) in [5, 5.41) is 22.6. The molecule has 1 amide bonds. The van der Waals surface area contributed by atoms with Crippen molar-refractivity contribution in [2.24, 2.45) is 17.3 Å². The zero-order valence-electron chi connectivity index (χ0n) is 11.3. The number of carbonyl (C=O) groups excluding carboxylic acids is 1. The largest absolute Gasteiger partial charge is 0.481 e. The standard InChI is InChI=1S/C13H13ClN2O5/c1-13(2)9(10(13)12(18)19)11(17)15-7-5-6(14)3-4-8(7)16(20)21/h3-5,9-10H,1-2H3,(H,15,17)(H,18,19). The SMILES string of the molecule is CC1(C)C(C(=O)O)C1C(=O)Nc1cc(Cl)ccc1[N+](=O)[O-]. The van der Waals surface area contributed by atoms with E-state index in [2.05, 4.69) is 5.32 Å². The lowest BCUT2D eigenvalue weighted by atomic mass is 10.1. The second-order valence-corrected chi connectivity index (χ2v) is 5.96. The van der Waals surface area contributed by atoms with Crippen LogP contribution < -0.4 is 5.32 Å². The van der Waals surface area contributed by atoms with Crippen LogP contribution in [0.2, 0.25) is 5.02 Å². The highest BCUT2D eigenvalue weighted by Crippen LogP contribution is 2.58. The van der Waals surface area contributed by atoms with Gasteiger partial charge in [-0.1, -0.05) is 25.4 Å². The van der Waals surface area contributed by atoms with Crippen LogP contribution in [0.4, 0.5) is 11.4 Å². The second-order valence-electron chi connectivity index (χ2n) is 5.52. The molecule has 0 aromatic heterocycles. The molecule has 0 bridgehead atoms. The Bertz CT molecular complexity index is 643. The van der Waals surface area contributed by atoms with E-state index in [1.54, 1.807) is 13.8 Å². The summed E-state index contributed by atoms with van der Waals surface area (Å²) in [5.74, 6) is -3.14. The molecule has 1 aromatic rings. The summed E-state index contributed by atoms with van der Waals surface area (Å²) in [6, 6.07) is 3.80. The molecule has 2 atom stereocenters. The van der Waals surface area contributed by atoms with Gasteiger partial charge >= 0.3 is 5.97 Å². The first-order valence-corrected chi connectivity index (χ1v) is 6.51. The van der Waals surface area contributed by atoms with Crippen molar-refractivity contribution in [3.05, 3.63) is 33.3 Å². The molecule has 0 saturated heterocycles. The number of carbonyl (C=O) groups is 2. The molecule has 2 rings (SSSR count). The van der Waals surface area contributed by atoms with Crippen LogP contribution in [0.25, 0.3) is 0 Å². The molecule has 1 aromatic carbocycles. The van der Waals surface area contributed by atoms with Gasteiger partial charge < -0.3 is 10.4 Å². The molecule has 2 N–H and O–H groups in total. The highest BCUT2D eigenvalue weighted by atomic mass is 35.5. The van der Waals surface area contributed by atoms with Crippen LogP contribution >= 0.6 is 11.6 Å². The Morgan fingerprint density at radius 2 is 2.00 bits per heavy atom. The van der Waals surface area contributed by atoms with Crippen LogP contribution in [0, 0.1) is 27.4 Å². The van der Waals surface area contributed by atoms with Gasteiger partial charge in [-0.05, 0) is 17.5 Å². The molecule has 1 aliphatic carbocycles. The van der Waals surface area contributed by atoms with Crippen molar-refractivity contribution in [2.75, 3.05) is 5.32 Å². The summed E-state index contributed by atoms with van der Waals surface area (Å²) in [4.78, 5) is 33.5. The third kappa shape index (κ3) is 2.69. The number of carboxylic acids is 1. The van der Waals surface area contributed by atoms with Crippen molar-refractivity contribution in [2.45, 2.75) is 13.8 Å². The quantitative estimate of drug-likeness (QED) is 0.655. The Balaban J connectivity index is 2.24. The Morgan fingerprint density at radius 3 is 2.48 bits per heavy atom. The van der Waals surface area contributed by atoms with Crippen molar-refractivity contribution < 1.29 is 19.6 Å². The summed E-state index contributed by atoms with van der Waals surface area (Å²) in [6.45, 7) is 3.34. The third-order valence-electron chi connectivity index (χ3n) is 3.79. The average Bonchev–Trinajstić information content (AvgIpc) is 2.92. The first kappa shape index (κ1) is 15.2. The molecule has 8 heteroatoms. The van der Waals surface area contributed by atoms with Crippen LogP contribution in [0.5, 0.6) is 0 Å². The molecule has 1 saturated carbocycles. The van der Waals surface area contributed by atoms with Gasteiger partial charge in [0, 0.05) is 11.1 Å². The van der Waals surface area contributed by atoms with Gasteiger partial charge in [-0.2, -0.15) is 0 Å². The normalized spacial score (nSPS) is 22.4. The van der Waals surface area contributed by atoms with Gasteiger partial charge in [0.05, 0.1) is 16.8 Å². The number of nitrogens with one attached hydrogen (secondary N) is 1. The third-order valence-corrected chi connectivity index (χ3v) is 4.02. The second kappa shape index (κ2) is 5.00. The van der Waals surface area contributed by atoms with E-state index >= 15 is 0 Å². The maximum Gasteiger partial charge on any atom is 0.307 e. The molecule has 1 aliphatic rings. The fourth-order valence-corrected chi connectivity index (χ4v) is 2.74. The molecule has 0 heterocycles. The van der Waals surface area contributed by atoms with E-state index in [1.165, 1.54) is 18.2 Å². The van der Waals surface area contributed by atoms with Gasteiger partial charge in [-0.15, -0.1) is 0 Å². The number of hydrogen-bond acceptors (Lipinski definition) is 4. The average molecular weight is 313 g/mol. The van der Waals surface area contributed by atoms with Crippen LogP contribution in [0.15, 0.2) is 18.2 Å². The Kier molecular flexibility index (Phi) is 3.63. The van der Waals surface area contributed by atoms with Crippen molar-refractivity contribution >= 4 is 34.9 Å². The summed E-state index contributed by atoms with van der Waals surface area (Å²) in [6.07, 6.45) is 0. The maximum atomic E-state index is 12.2. The van der Waals surface area contributed by atoms with Crippen LogP contribution in [-0.2, 0) is 9.59 Å². The van der Waals surface area contributed by atoms with E-state index in [1.807, 2.05) is 0 Å². The predicted octanol–water partition coefficient (Wildman–Crippen LogP) is 2.54. The van der Waals surface area contributed by atoms with Gasteiger partial charge in [0.2, 0.25) is 5.91 Å². The van der Waals surface area contributed by atoms with E-state index < -0.39 is 34.1 Å². The molecular weight excluding hydrogens is 300 g/mol. The minimum atomic E-state index is -1.05. The molecule has 1 fully saturated rings. The van der Waals surface area contributed by atoms with Crippen LogP contribution in [0.1, 0.15) is 13.8 Å². The van der Waals surface area contributed by atoms with Gasteiger partial charge in [-0.3, -0.25) is 19.7 Å². The monoisotopic (exact) mass is 312 g/mol. The van der Waals surface area contributed by atoms with Crippen molar-refractivity contribution in [1.29, 1.82) is 0 Å². The van der Waals surface area contributed by atoms with E-state index in [4.69, 9.17) is 16.7 Å². The Labute approximate surface area is 125 Å². The molecule has 2 unspecified atom stereocenters. The highest BCUT2D eigenvalue weighted by Gasteiger charge is 2.66. The summed E-state index contributed by atoms with van der Waals surface area (Å²) in [7, 11) is 0. The van der Waals surface area contributed by atoms with E-state index in [0.717, 1.165) is 0 Å². The first-order chi connectivity index (χ1) is 9.66. The molecule has 0 aliphatic heterocycles. The minimum Gasteiger partial charge on any atom is -0.481 e. The number of nitrogens with zero attached hydrogens (tertiary/aromatic N) is 1. The fraction of sp³-hybridized carbons (Fsp3) is 0.385. The van der Waals surface area contributed by atoms with Gasteiger partial charge in [0.25, 0.3) is 5.69 Å². The highest BCUT2D eigenvalue weighted by molar-refractivity contribution is 6.31. The number of hydrogen-bond donors (Lipinski definition) is 2. The van der Waals surface area contributed by atoms with Gasteiger partial charge in [0.1, 0.15) is 5.69 Å². The predicted molar refractivity (Wildman–Crippen MR) is 75.1 cm³/mol. The molecule has 0 radical (unpaired) electrons. The lowest BCUT2D eigenvalue weighted by Crippen LogP contribution is -2.18. The number of nitro benzene ring substituents is 1. The number of anilines is 1. The maximum absolute atomic E-state index is 12.2. The lowest BCUT2D eigenvalue weighted by Gasteiger charge is -2.07. The number of aliphatic carboxylic acids is 1. The minimum absolute atomic E-state index is 0.0376. The van der Waals surface area contributed by atoms with E-state index in [0.29, 0.717) is 0 Å². The lowest BCUT2D eigenvalue weighted by molar-refractivity contribution is -0.383. The zero-order valence-corrected chi connectivity index (χ0v) is 12.0. The van der Waals surface area contributed by atoms with Crippen molar-refractivity contribution in [1.82, 2.24) is 0 Å². The summed E-state index contributed by atoms with van der Waals surface area (Å²) < 4.78 is 0. The fourth-order valence-electron chi connectivity index (χ4n) is 2.57. The Hall–Kier alpha value is -2.15. The van der Waals surface area contributed by atoms with Gasteiger partial charge in [-0.25, -0.2) is 0 Å². The van der Waals surface area contributed by atoms with Crippen LogP contribution in [-0.4, -0.2) is 21.9 Å². The topological polar surface area (TPSA) is 110 Å². The molecule has 0 spiro atoms. The van der Waals surface area contributed by atoms with E-state index in [-0.39, 0.29) is 16.4 Å². The number of nitro groups is 1. The van der Waals surface area contributed by atoms with Gasteiger partial charge in [0.15, 0.2) is 0 Å². The Morgan fingerprint density at radius 1 is 1.38 bits per heavy atom. The number of halogens is 1. The number of amides is 1. The number of rotatable bonds is 4. The summed E-state index contributed by atoms with van der Waals surface area (Å²) >= 11 is 5.77. The zero-order chi connectivity index (χ0) is 15.9. The first-order valence-electron chi connectivity index (χ1n) is 6.14. The van der Waals surface area contributed by atoms with E-state index in [9.17, 15) is 19.7 Å². The van der Waals surface area contributed by atoms with Crippen molar-refractivity contribution in [3.63, 3.8) is 0 Å².